The Morgan fingerprint density at radius 1 is 1.12 bits per heavy atom. The molecular weight excluding hydrogens is 266 g/mol. The molecule has 1 aliphatic heterocycles. The minimum Gasteiger partial charge on any atom is -0.307 e. The smallest absolute Gasteiger partial charge is 0.109 e. The lowest BCUT2D eigenvalue weighted by atomic mass is 10.1. The number of halogens is 1. The van der Waals surface area contributed by atoms with Crippen LogP contribution >= 0.6 is 15.9 Å². The molecule has 1 aliphatic carbocycles. The van der Waals surface area contributed by atoms with Crippen LogP contribution in [0.2, 0.25) is 0 Å². The van der Waals surface area contributed by atoms with Crippen molar-refractivity contribution in [3.05, 3.63) is 15.9 Å². The Morgan fingerprint density at radius 2 is 1.88 bits per heavy atom. The summed E-state index contributed by atoms with van der Waals surface area (Å²) in [5, 5.41) is 8.11. The van der Waals surface area contributed by atoms with Crippen LogP contribution in [-0.2, 0) is 13.1 Å². The Balaban J connectivity index is 1.88. The third-order valence-corrected chi connectivity index (χ3v) is 4.63. The van der Waals surface area contributed by atoms with Gasteiger partial charge in [0.1, 0.15) is 4.60 Å². The first kappa shape index (κ1) is 10.8. The van der Waals surface area contributed by atoms with Gasteiger partial charge in [-0.25, -0.2) is 0 Å². The van der Waals surface area contributed by atoms with E-state index >= 15 is 0 Å². The Bertz CT molecular complexity index is 378. The summed E-state index contributed by atoms with van der Waals surface area (Å²) in [7, 11) is 0. The molecular formula is C12H18BrN3. The maximum Gasteiger partial charge on any atom is 0.109 e. The van der Waals surface area contributed by atoms with Crippen molar-refractivity contribution in [1.82, 2.24) is 15.1 Å². The Labute approximate surface area is 105 Å². The molecule has 0 saturated heterocycles. The van der Waals surface area contributed by atoms with E-state index in [9.17, 15) is 0 Å². The van der Waals surface area contributed by atoms with Crippen molar-refractivity contribution in [2.45, 2.75) is 57.7 Å². The summed E-state index contributed by atoms with van der Waals surface area (Å²) in [5.41, 5.74) is 2.63. The Hall–Kier alpha value is -0.350. The Kier molecular flexibility index (Phi) is 3.03. The van der Waals surface area contributed by atoms with Gasteiger partial charge in [-0.15, -0.1) is 0 Å². The van der Waals surface area contributed by atoms with Gasteiger partial charge in [-0.05, 0) is 28.8 Å². The molecule has 3 rings (SSSR count). The van der Waals surface area contributed by atoms with E-state index in [1.54, 1.807) is 0 Å². The molecule has 2 aliphatic rings. The van der Waals surface area contributed by atoms with Gasteiger partial charge in [0.05, 0.1) is 11.7 Å². The number of hydrogen-bond donors (Lipinski definition) is 1. The largest absolute Gasteiger partial charge is 0.307 e. The third kappa shape index (κ3) is 1.82. The molecule has 16 heavy (non-hydrogen) atoms. The predicted molar refractivity (Wildman–Crippen MR) is 67.2 cm³/mol. The maximum absolute atomic E-state index is 4.76. The number of nitrogens with zero attached hydrogens (tertiary/aromatic N) is 2. The molecule has 0 atom stereocenters. The summed E-state index contributed by atoms with van der Waals surface area (Å²) in [6, 6.07) is 0.627. The minimum atomic E-state index is 0.627. The van der Waals surface area contributed by atoms with Crippen molar-refractivity contribution >= 4 is 15.9 Å². The fourth-order valence-electron chi connectivity index (χ4n) is 2.86. The summed E-state index contributed by atoms with van der Waals surface area (Å²) in [4.78, 5) is 0. The number of rotatable bonds is 1. The molecule has 1 saturated carbocycles. The minimum absolute atomic E-state index is 0.627. The van der Waals surface area contributed by atoms with E-state index < -0.39 is 0 Å². The first-order chi connectivity index (χ1) is 7.86. The fourth-order valence-corrected chi connectivity index (χ4v) is 3.60. The van der Waals surface area contributed by atoms with Gasteiger partial charge in [0.15, 0.2) is 0 Å². The maximum atomic E-state index is 4.76. The zero-order valence-electron chi connectivity index (χ0n) is 9.51. The van der Waals surface area contributed by atoms with Gasteiger partial charge >= 0.3 is 0 Å². The quantitative estimate of drug-likeness (QED) is 0.803. The van der Waals surface area contributed by atoms with Gasteiger partial charge in [0.25, 0.3) is 0 Å². The summed E-state index contributed by atoms with van der Waals surface area (Å²) in [6.45, 7) is 1.91. The van der Waals surface area contributed by atoms with Gasteiger partial charge in [0.2, 0.25) is 0 Å². The second kappa shape index (κ2) is 4.49. The molecule has 0 spiro atoms. The van der Waals surface area contributed by atoms with Gasteiger partial charge < -0.3 is 5.32 Å². The van der Waals surface area contributed by atoms with Crippen molar-refractivity contribution in [3.63, 3.8) is 0 Å². The van der Waals surface area contributed by atoms with Crippen LogP contribution in [0.1, 0.15) is 55.8 Å². The van der Waals surface area contributed by atoms with E-state index in [0.29, 0.717) is 6.04 Å². The third-order valence-electron chi connectivity index (χ3n) is 3.79. The van der Waals surface area contributed by atoms with E-state index in [-0.39, 0.29) is 0 Å². The molecule has 0 bridgehead atoms. The molecule has 1 fully saturated rings. The van der Waals surface area contributed by atoms with Crippen LogP contribution in [0.5, 0.6) is 0 Å². The van der Waals surface area contributed by atoms with Crippen molar-refractivity contribution in [2.24, 2.45) is 0 Å². The van der Waals surface area contributed by atoms with E-state index in [1.807, 2.05) is 0 Å². The van der Waals surface area contributed by atoms with Gasteiger partial charge in [-0.2, -0.15) is 5.10 Å². The standard InChI is InChI=1S/C12H18BrN3/c13-12-10-7-14-8-11(10)15-16(12)9-5-3-1-2-4-6-9/h9,14H,1-8H2. The number of nitrogens with one attached hydrogen (secondary N) is 1. The van der Waals surface area contributed by atoms with Crippen molar-refractivity contribution in [2.75, 3.05) is 0 Å². The fraction of sp³-hybridized carbons (Fsp3) is 0.750. The number of fused-ring (bicyclic) bond motifs is 1. The second-order valence-electron chi connectivity index (χ2n) is 4.91. The average molecular weight is 284 g/mol. The van der Waals surface area contributed by atoms with Crippen molar-refractivity contribution in [3.8, 4) is 0 Å². The normalized spacial score (nSPS) is 22.1. The van der Waals surface area contributed by atoms with Crippen molar-refractivity contribution in [1.29, 1.82) is 0 Å². The molecule has 1 aromatic rings. The zero-order valence-corrected chi connectivity index (χ0v) is 11.1. The second-order valence-corrected chi connectivity index (χ2v) is 5.66. The summed E-state index contributed by atoms with van der Waals surface area (Å²) < 4.78 is 3.47. The van der Waals surface area contributed by atoms with Crippen LogP contribution in [0.4, 0.5) is 0 Å². The highest BCUT2D eigenvalue weighted by atomic mass is 79.9. The van der Waals surface area contributed by atoms with E-state index in [0.717, 1.165) is 13.1 Å². The molecule has 4 heteroatoms. The summed E-state index contributed by atoms with van der Waals surface area (Å²) in [5.74, 6) is 0. The van der Waals surface area contributed by atoms with E-state index in [2.05, 4.69) is 25.9 Å². The molecule has 2 heterocycles. The first-order valence-corrected chi connectivity index (χ1v) is 7.12. The molecule has 0 radical (unpaired) electrons. The molecule has 0 unspecified atom stereocenters. The van der Waals surface area contributed by atoms with E-state index in [4.69, 9.17) is 5.10 Å². The van der Waals surface area contributed by atoms with Crippen LogP contribution in [0, 0.1) is 0 Å². The van der Waals surface area contributed by atoms with Crippen LogP contribution in [0.15, 0.2) is 4.60 Å². The highest BCUT2D eigenvalue weighted by molar-refractivity contribution is 9.10. The van der Waals surface area contributed by atoms with Crippen LogP contribution in [0.3, 0.4) is 0 Å². The lowest BCUT2D eigenvalue weighted by Gasteiger charge is -2.16. The average Bonchev–Trinajstić information content (AvgIpc) is 2.74. The SMILES string of the molecule is Brc1c2c(nn1C1CCCCCC1)CNC2. The number of hydrogen-bond acceptors (Lipinski definition) is 2. The topological polar surface area (TPSA) is 29.9 Å². The monoisotopic (exact) mass is 283 g/mol. The van der Waals surface area contributed by atoms with Gasteiger partial charge in [-0.3, -0.25) is 4.68 Å². The highest BCUT2D eigenvalue weighted by Gasteiger charge is 2.24. The predicted octanol–water partition coefficient (Wildman–Crippen LogP) is 3.14. The summed E-state index contributed by atoms with van der Waals surface area (Å²) >= 11 is 3.72. The molecule has 1 aromatic heterocycles. The van der Waals surface area contributed by atoms with Crippen molar-refractivity contribution < 1.29 is 0 Å². The van der Waals surface area contributed by atoms with Gasteiger partial charge in [-0.1, -0.05) is 25.7 Å². The lowest BCUT2D eigenvalue weighted by Crippen LogP contribution is -2.13. The summed E-state index contributed by atoms with van der Waals surface area (Å²) in [6.07, 6.45) is 8.12. The molecule has 1 N–H and O–H groups in total. The lowest BCUT2D eigenvalue weighted by molar-refractivity contribution is 0.394. The van der Waals surface area contributed by atoms with Crippen LogP contribution < -0.4 is 5.32 Å². The molecule has 3 nitrogen and oxygen atoms in total. The van der Waals surface area contributed by atoms with E-state index in [1.165, 1.54) is 54.4 Å². The van der Waals surface area contributed by atoms with Crippen LogP contribution in [0.25, 0.3) is 0 Å². The van der Waals surface area contributed by atoms with Crippen LogP contribution in [-0.4, -0.2) is 9.78 Å². The molecule has 0 aromatic carbocycles. The van der Waals surface area contributed by atoms with Gasteiger partial charge in [0, 0.05) is 18.7 Å². The Morgan fingerprint density at radius 3 is 2.56 bits per heavy atom. The molecule has 88 valence electrons. The first-order valence-electron chi connectivity index (χ1n) is 6.33. The zero-order chi connectivity index (χ0) is 11.0. The number of aromatic nitrogens is 2. The highest BCUT2D eigenvalue weighted by Crippen LogP contribution is 2.33. The molecule has 0 amide bonds.